The Hall–Kier alpha value is -12.1. The predicted molar refractivity (Wildman–Crippen MR) is 493 cm³/mol. The molecule has 4 aromatic carbocycles. The lowest BCUT2D eigenvalue weighted by atomic mass is 9.99. The van der Waals surface area contributed by atoms with E-state index in [9.17, 15) is 94.3 Å². The third-order valence-electron chi connectivity index (χ3n) is 20.7. The number of rotatable bonds is 43. The minimum atomic E-state index is -3.66. The van der Waals surface area contributed by atoms with E-state index in [1.807, 2.05) is 58.9 Å². The first-order valence-electron chi connectivity index (χ1n) is 43.0. The SMILES string of the molecule is CCCCC(CC)CNS(=O)(=O)c1ccc(N=Nc2c(C)c(C#N)c(O)n(CCCC)c2=O)cc1.CCCCNS(=O)(=O)c1ccc(N=Nc2c(C)c(C#N)c(O)n(CC(CC)CCCC)c2=O)cc1.CCCCc1c(C#N)c(O)n(C)c(=O)c1N=Nc1ccc(S(=O)(=O)NCC)cc1.CCCCn1c(O)c(C#N)c(CC)c(N=Nc2ccc(S(=O)(=O)NCC)cc2)c1=O. The molecule has 40 heteroatoms. The molecule has 36 nitrogen and oxygen atoms in total. The summed E-state index contributed by atoms with van der Waals surface area (Å²) in [6.07, 6.45) is 14.6. The molecule has 0 radical (unpaired) electrons. The van der Waals surface area contributed by atoms with Gasteiger partial charge in [-0.1, -0.05) is 140 Å². The Morgan fingerprint density at radius 1 is 0.364 bits per heavy atom. The molecular formula is C89H118N20O16S4. The largest absolute Gasteiger partial charge is 0.493 e. The highest BCUT2D eigenvalue weighted by molar-refractivity contribution is 7.90. The maximum absolute atomic E-state index is 13.2. The van der Waals surface area contributed by atoms with Crippen molar-refractivity contribution in [2.75, 3.05) is 26.2 Å². The minimum Gasteiger partial charge on any atom is -0.493 e. The van der Waals surface area contributed by atoms with E-state index >= 15 is 0 Å². The maximum atomic E-state index is 13.2. The number of benzene rings is 4. The lowest BCUT2D eigenvalue weighted by molar-refractivity contribution is 0.339. The second kappa shape index (κ2) is 52.4. The highest BCUT2D eigenvalue weighted by Gasteiger charge is 2.27. The topological polar surface area (TPSA) is 548 Å². The molecule has 0 saturated carbocycles. The normalized spacial score (nSPS) is 12.2. The number of aromatic nitrogens is 4. The first-order valence-corrected chi connectivity index (χ1v) is 48.9. The van der Waals surface area contributed by atoms with Gasteiger partial charge in [0, 0.05) is 75.1 Å². The summed E-state index contributed by atoms with van der Waals surface area (Å²) in [4.78, 5) is 51.9. The summed E-state index contributed by atoms with van der Waals surface area (Å²) in [7, 11) is -13.1. The molecule has 129 heavy (non-hydrogen) atoms. The van der Waals surface area contributed by atoms with Crippen LogP contribution in [-0.4, -0.2) is 98.5 Å². The zero-order chi connectivity index (χ0) is 95.9. The van der Waals surface area contributed by atoms with Gasteiger partial charge >= 0.3 is 0 Å². The van der Waals surface area contributed by atoms with Crippen LogP contribution in [0.5, 0.6) is 23.5 Å². The van der Waals surface area contributed by atoms with Crippen molar-refractivity contribution < 1.29 is 54.1 Å². The van der Waals surface area contributed by atoms with Crippen molar-refractivity contribution in [2.45, 2.75) is 245 Å². The maximum Gasteiger partial charge on any atom is 0.281 e. The smallest absolute Gasteiger partial charge is 0.281 e. The van der Waals surface area contributed by atoms with Crippen molar-refractivity contribution in [1.29, 1.82) is 21.0 Å². The van der Waals surface area contributed by atoms with Crippen LogP contribution in [0.25, 0.3) is 0 Å². The molecule has 8 rings (SSSR count). The van der Waals surface area contributed by atoms with Crippen LogP contribution in [0.2, 0.25) is 0 Å². The fraction of sp³-hybridized carbons (Fsp3) is 0.461. The van der Waals surface area contributed by atoms with Crippen LogP contribution in [0.1, 0.15) is 223 Å². The Morgan fingerprint density at radius 2 is 0.682 bits per heavy atom. The molecule has 0 aliphatic carbocycles. The molecule has 0 aliphatic heterocycles. The number of sulfonamides is 4. The summed E-state index contributed by atoms with van der Waals surface area (Å²) in [6, 6.07) is 30.9. The Labute approximate surface area is 754 Å². The average Bonchev–Trinajstić information content (AvgIpc) is 0.787. The Kier molecular flexibility index (Phi) is 43.6. The second-order valence-electron chi connectivity index (χ2n) is 29.9. The van der Waals surface area contributed by atoms with E-state index < -0.39 is 68.2 Å². The molecule has 4 heterocycles. The molecule has 0 aliphatic rings. The van der Waals surface area contributed by atoms with Gasteiger partial charge in [-0.3, -0.25) is 37.4 Å². The van der Waals surface area contributed by atoms with E-state index in [0.29, 0.717) is 85.0 Å². The third kappa shape index (κ3) is 29.5. The van der Waals surface area contributed by atoms with Gasteiger partial charge in [0.15, 0.2) is 22.7 Å². The van der Waals surface area contributed by atoms with E-state index in [1.54, 1.807) is 27.7 Å². The molecule has 0 fully saturated rings. The number of hydrogen-bond donors (Lipinski definition) is 8. The lowest BCUT2D eigenvalue weighted by Gasteiger charge is -2.19. The zero-order valence-electron chi connectivity index (χ0n) is 75.5. The molecular weight excluding hydrogens is 1730 g/mol. The summed E-state index contributed by atoms with van der Waals surface area (Å²) in [5, 5.41) is 112. The summed E-state index contributed by atoms with van der Waals surface area (Å²) < 4.78 is 112. The molecule has 2 unspecified atom stereocenters. The molecule has 0 bridgehead atoms. The van der Waals surface area contributed by atoms with Crippen LogP contribution in [0.4, 0.5) is 45.5 Å². The number of azo groups is 4. The summed E-state index contributed by atoms with van der Waals surface area (Å²) in [5.74, 6) is -1.01. The quantitative estimate of drug-likeness (QED) is 0.0130. The zero-order valence-corrected chi connectivity index (χ0v) is 78.8. The second-order valence-corrected chi connectivity index (χ2v) is 37.0. The molecule has 0 spiro atoms. The molecule has 2 atom stereocenters. The molecule has 8 aromatic rings. The van der Waals surface area contributed by atoms with Crippen molar-refractivity contribution in [1.82, 2.24) is 37.2 Å². The van der Waals surface area contributed by atoms with E-state index in [2.05, 4.69) is 80.6 Å². The molecule has 694 valence electrons. The van der Waals surface area contributed by atoms with E-state index in [0.717, 1.165) is 97.2 Å². The van der Waals surface area contributed by atoms with Gasteiger partial charge < -0.3 is 20.4 Å². The Bertz CT molecular complexity index is 6210. The van der Waals surface area contributed by atoms with Crippen LogP contribution in [0.3, 0.4) is 0 Å². The van der Waals surface area contributed by atoms with Crippen molar-refractivity contribution in [3.8, 4) is 47.8 Å². The monoisotopic (exact) mass is 1850 g/mol. The van der Waals surface area contributed by atoms with Crippen LogP contribution in [0.15, 0.2) is 177 Å². The Balaban J connectivity index is 0.000000306. The van der Waals surface area contributed by atoms with Gasteiger partial charge in [-0.05, 0) is 174 Å². The Morgan fingerprint density at radius 3 is 1.04 bits per heavy atom. The van der Waals surface area contributed by atoms with Gasteiger partial charge in [0.25, 0.3) is 22.2 Å². The van der Waals surface area contributed by atoms with Crippen LogP contribution >= 0.6 is 0 Å². The number of pyridine rings is 4. The van der Waals surface area contributed by atoms with E-state index in [1.165, 1.54) is 116 Å². The number of nitrogens with zero attached hydrogens (tertiary/aromatic N) is 16. The van der Waals surface area contributed by atoms with Crippen molar-refractivity contribution in [3.05, 3.63) is 183 Å². The van der Waals surface area contributed by atoms with Crippen LogP contribution in [0, 0.1) is 71.0 Å². The van der Waals surface area contributed by atoms with Gasteiger partial charge in [-0.15, -0.1) is 20.5 Å². The fourth-order valence-electron chi connectivity index (χ4n) is 12.9. The summed E-state index contributed by atoms with van der Waals surface area (Å²) in [5.41, 5.74) is 0.306. The molecule has 0 saturated heterocycles. The number of nitriles is 4. The van der Waals surface area contributed by atoms with Crippen molar-refractivity contribution in [2.24, 2.45) is 59.8 Å². The van der Waals surface area contributed by atoms with Crippen molar-refractivity contribution >= 4 is 85.6 Å². The predicted octanol–water partition coefficient (Wildman–Crippen LogP) is 17.4. The van der Waals surface area contributed by atoms with Crippen molar-refractivity contribution in [3.63, 3.8) is 0 Å². The minimum absolute atomic E-state index is 0.00146. The van der Waals surface area contributed by atoms with Crippen LogP contribution < -0.4 is 41.1 Å². The fourth-order valence-corrected chi connectivity index (χ4v) is 17.2. The number of unbranched alkanes of at least 4 members (excludes halogenated alkanes) is 6. The van der Waals surface area contributed by atoms with E-state index in [-0.39, 0.29) is 132 Å². The van der Waals surface area contributed by atoms with E-state index in [4.69, 9.17) is 0 Å². The van der Waals surface area contributed by atoms with Gasteiger partial charge in [-0.25, -0.2) is 52.6 Å². The van der Waals surface area contributed by atoms with Gasteiger partial charge in [0.2, 0.25) is 63.6 Å². The number of aromatic hydroxyl groups is 4. The first kappa shape index (κ1) is 107. The highest BCUT2D eigenvalue weighted by Crippen LogP contribution is 2.35. The number of hydrogen-bond acceptors (Lipinski definition) is 28. The van der Waals surface area contributed by atoms with Gasteiger partial charge in [0.1, 0.15) is 46.5 Å². The standard InChI is InChI=1S/2C25H35N5O4S.C20H25N5O4S.C19H23N5O4S/c1-5-8-10-19(7-3)17-27-35(33,34)21-13-11-20(12-14-21)28-29-23-18(4)22(16-26)24(31)30(25(23)32)15-9-6-2;1-5-8-10-19(7-3)17-30-24(31)22(16-26)18(4)23(25(30)32)29-28-20-11-13-21(14-12-20)35(33,34)27-15-9-6-2;1-4-7-12-25-19(26)17(13-21)16(5-2)18(20(25)27)24-23-14-8-10-15(11-9-14)30(28,29)22-6-3;1-4-6-7-15-16(12-20)18(25)24(3)19(26)17(15)23-22-13-8-10-14(11-9-13)29(27,28)21-5-2/h2*11-14,19,27,31H,5-10,15,17H2,1-4H3;8-11,22,26H,4-7,12H2,1-3H3;8-11,21,25H,4-7H2,1-3H3. The highest BCUT2D eigenvalue weighted by atomic mass is 32.2. The number of nitrogens with one attached hydrogen (secondary N) is 4. The summed E-state index contributed by atoms with van der Waals surface area (Å²) >= 11 is 0. The van der Waals surface area contributed by atoms with Crippen LogP contribution in [-0.2, 0) is 79.6 Å². The third-order valence-corrected chi connectivity index (χ3v) is 26.8. The summed E-state index contributed by atoms with van der Waals surface area (Å²) in [6.45, 7) is 26.5. The lowest BCUT2D eigenvalue weighted by Crippen LogP contribution is -2.29. The van der Waals surface area contributed by atoms with Gasteiger partial charge in [0.05, 0.1) is 42.3 Å². The molecule has 8 N–H and O–H groups in total. The first-order chi connectivity index (χ1) is 61.4. The van der Waals surface area contributed by atoms with Gasteiger partial charge in [-0.2, -0.15) is 41.5 Å². The average molecular weight is 1850 g/mol. The molecule has 4 aromatic heterocycles. The molecule has 0 amide bonds.